The van der Waals surface area contributed by atoms with Crippen LogP contribution in [-0.4, -0.2) is 35.8 Å². The van der Waals surface area contributed by atoms with Gasteiger partial charge in [0.05, 0.1) is 5.56 Å². The fraction of sp³-hybridized carbons (Fsp3) is 0.462. The van der Waals surface area contributed by atoms with Crippen LogP contribution in [0.5, 0.6) is 5.75 Å². The molecule has 4 nitrogen and oxygen atoms in total. The number of alkyl halides is 3. The third-order valence-electron chi connectivity index (χ3n) is 3.35. The van der Waals surface area contributed by atoms with Gasteiger partial charge in [0, 0.05) is 18.7 Å². The molecule has 0 saturated carbocycles. The molecular formula is C13H14F4N2O2. The Morgan fingerprint density at radius 1 is 1.33 bits per heavy atom. The van der Waals surface area contributed by atoms with Crippen molar-refractivity contribution in [3.05, 3.63) is 29.6 Å². The van der Waals surface area contributed by atoms with Crippen LogP contribution >= 0.6 is 0 Å². The Morgan fingerprint density at radius 3 is 2.57 bits per heavy atom. The molecule has 1 amide bonds. The number of benzene rings is 1. The number of piperidine rings is 1. The van der Waals surface area contributed by atoms with Crippen LogP contribution < -0.4 is 10.6 Å². The Morgan fingerprint density at radius 2 is 2.05 bits per heavy atom. The molecule has 1 aromatic carbocycles. The molecule has 0 aromatic heterocycles. The van der Waals surface area contributed by atoms with Crippen LogP contribution in [0.15, 0.2) is 18.2 Å². The van der Waals surface area contributed by atoms with Crippen molar-refractivity contribution in [1.29, 1.82) is 0 Å². The standard InChI is InChI=1S/C13H14F4N2O2/c14-7-1-3-9(10(20)5-7)12(21)19-8-2-4-11(18-6-8)13(15,16)17/h1,3,5,8,11,18,20H,2,4,6H2,(H,19,21). The lowest BCUT2D eigenvalue weighted by Crippen LogP contribution is -2.54. The van der Waals surface area contributed by atoms with Crippen molar-refractivity contribution in [3.63, 3.8) is 0 Å². The molecule has 116 valence electrons. The zero-order chi connectivity index (χ0) is 15.6. The maximum atomic E-state index is 12.8. The predicted molar refractivity (Wildman–Crippen MR) is 66.4 cm³/mol. The highest BCUT2D eigenvalue weighted by Crippen LogP contribution is 2.26. The number of aromatic hydroxyl groups is 1. The molecule has 8 heteroatoms. The lowest BCUT2D eigenvalue weighted by atomic mass is 10.00. The first-order valence-corrected chi connectivity index (χ1v) is 6.37. The first-order valence-electron chi connectivity index (χ1n) is 6.37. The smallest absolute Gasteiger partial charge is 0.403 e. The molecule has 1 aliphatic heterocycles. The lowest BCUT2D eigenvalue weighted by Gasteiger charge is -2.31. The van der Waals surface area contributed by atoms with Crippen molar-refractivity contribution in [1.82, 2.24) is 10.6 Å². The minimum Gasteiger partial charge on any atom is -0.507 e. The number of halogens is 4. The van der Waals surface area contributed by atoms with Gasteiger partial charge in [-0.1, -0.05) is 0 Å². The minimum absolute atomic E-state index is 0.0160. The van der Waals surface area contributed by atoms with Crippen LogP contribution in [0.25, 0.3) is 0 Å². The van der Waals surface area contributed by atoms with Crippen LogP contribution in [-0.2, 0) is 0 Å². The van der Waals surface area contributed by atoms with Gasteiger partial charge in [-0.2, -0.15) is 13.2 Å². The van der Waals surface area contributed by atoms with Crippen molar-refractivity contribution < 1.29 is 27.5 Å². The molecule has 1 aliphatic rings. The molecule has 3 N–H and O–H groups in total. The molecule has 0 aliphatic carbocycles. The Bertz CT molecular complexity index is 525. The van der Waals surface area contributed by atoms with Gasteiger partial charge in [-0.15, -0.1) is 0 Å². The number of phenolic OH excluding ortho intramolecular Hbond substituents is 1. The molecule has 1 aromatic rings. The number of hydrogen-bond acceptors (Lipinski definition) is 3. The van der Waals surface area contributed by atoms with Crippen molar-refractivity contribution in [3.8, 4) is 5.75 Å². The fourth-order valence-corrected chi connectivity index (χ4v) is 2.22. The highest BCUT2D eigenvalue weighted by atomic mass is 19.4. The molecule has 1 saturated heterocycles. The van der Waals surface area contributed by atoms with Gasteiger partial charge in [0.15, 0.2) is 0 Å². The lowest BCUT2D eigenvalue weighted by molar-refractivity contribution is -0.160. The molecule has 21 heavy (non-hydrogen) atoms. The van der Waals surface area contributed by atoms with Crippen molar-refractivity contribution >= 4 is 5.91 Å². The molecule has 0 bridgehead atoms. The number of carbonyl (C=O) groups is 1. The van der Waals surface area contributed by atoms with Crippen LogP contribution in [0.3, 0.4) is 0 Å². The quantitative estimate of drug-likeness (QED) is 0.732. The van der Waals surface area contributed by atoms with Crippen molar-refractivity contribution in [2.75, 3.05) is 6.54 Å². The highest BCUT2D eigenvalue weighted by molar-refractivity contribution is 5.96. The summed E-state index contributed by atoms with van der Waals surface area (Å²) in [6, 6.07) is 0.904. The number of carbonyl (C=O) groups excluding carboxylic acids is 1. The molecule has 1 heterocycles. The van der Waals surface area contributed by atoms with E-state index in [1.54, 1.807) is 0 Å². The first-order chi connectivity index (χ1) is 9.77. The first kappa shape index (κ1) is 15.6. The molecule has 0 radical (unpaired) electrons. The molecule has 1 fully saturated rings. The van der Waals surface area contributed by atoms with E-state index in [9.17, 15) is 27.5 Å². The van der Waals surface area contributed by atoms with Crippen LogP contribution in [0.1, 0.15) is 23.2 Å². The Balaban J connectivity index is 1.93. The van der Waals surface area contributed by atoms with E-state index in [0.717, 1.165) is 18.2 Å². The molecule has 2 atom stereocenters. The van der Waals surface area contributed by atoms with E-state index < -0.39 is 35.7 Å². The van der Waals surface area contributed by atoms with Gasteiger partial charge < -0.3 is 15.7 Å². The van der Waals surface area contributed by atoms with Crippen molar-refractivity contribution in [2.45, 2.75) is 31.1 Å². The largest absolute Gasteiger partial charge is 0.507 e. The van der Waals surface area contributed by atoms with Crippen LogP contribution in [0.4, 0.5) is 17.6 Å². The predicted octanol–water partition coefficient (Wildman–Crippen LogP) is 1.94. The van der Waals surface area contributed by atoms with Crippen LogP contribution in [0, 0.1) is 5.82 Å². The van der Waals surface area contributed by atoms with E-state index in [4.69, 9.17) is 0 Å². The van der Waals surface area contributed by atoms with Crippen molar-refractivity contribution in [2.24, 2.45) is 0 Å². The average molecular weight is 306 g/mol. The topological polar surface area (TPSA) is 61.4 Å². The molecular weight excluding hydrogens is 292 g/mol. The maximum absolute atomic E-state index is 12.8. The zero-order valence-electron chi connectivity index (χ0n) is 10.9. The zero-order valence-corrected chi connectivity index (χ0v) is 10.9. The van der Waals surface area contributed by atoms with E-state index in [2.05, 4.69) is 10.6 Å². The summed E-state index contributed by atoms with van der Waals surface area (Å²) in [4.78, 5) is 11.9. The summed E-state index contributed by atoms with van der Waals surface area (Å²) in [6.45, 7) is -0.0160. The summed E-state index contributed by atoms with van der Waals surface area (Å²) in [6.07, 6.45) is -4.26. The number of hydrogen-bond donors (Lipinski definition) is 3. The molecule has 0 spiro atoms. The van der Waals surface area contributed by atoms with Gasteiger partial charge in [0.1, 0.15) is 17.6 Å². The summed E-state index contributed by atoms with van der Waals surface area (Å²) in [5, 5.41) is 14.3. The number of nitrogens with one attached hydrogen (secondary N) is 2. The fourth-order valence-electron chi connectivity index (χ4n) is 2.22. The van der Waals surface area contributed by atoms with E-state index in [1.807, 2.05) is 0 Å². The van der Waals surface area contributed by atoms with Gasteiger partial charge in [-0.3, -0.25) is 4.79 Å². The van der Waals surface area contributed by atoms with E-state index in [1.165, 1.54) is 0 Å². The second kappa shape index (κ2) is 5.88. The summed E-state index contributed by atoms with van der Waals surface area (Å²) in [7, 11) is 0. The van der Waals surface area contributed by atoms with E-state index in [0.29, 0.717) is 0 Å². The van der Waals surface area contributed by atoms with E-state index >= 15 is 0 Å². The Kier molecular flexibility index (Phi) is 4.36. The second-order valence-corrected chi connectivity index (χ2v) is 4.91. The monoisotopic (exact) mass is 306 g/mol. The van der Waals surface area contributed by atoms with Gasteiger partial charge in [0.2, 0.25) is 0 Å². The Hall–Kier alpha value is -1.83. The summed E-state index contributed by atoms with van der Waals surface area (Å²) in [5.74, 6) is -1.84. The highest BCUT2D eigenvalue weighted by Gasteiger charge is 2.41. The second-order valence-electron chi connectivity index (χ2n) is 4.91. The maximum Gasteiger partial charge on any atom is 0.403 e. The third kappa shape index (κ3) is 3.84. The number of phenols is 1. The van der Waals surface area contributed by atoms with Gasteiger partial charge in [-0.05, 0) is 25.0 Å². The minimum atomic E-state index is -4.30. The summed E-state index contributed by atoms with van der Waals surface area (Å²) < 4.78 is 50.2. The van der Waals surface area contributed by atoms with E-state index in [-0.39, 0.29) is 24.9 Å². The van der Waals surface area contributed by atoms with Gasteiger partial charge in [0.25, 0.3) is 5.91 Å². The van der Waals surface area contributed by atoms with Gasteiger partial charge >= 0.3 is 6.18 Å². The third-order valence-corrected chi connectivity index (χ3v) is 3.35. The molecule has 2 unspecified atom stereocenters. The average Bonchev–Trinajstić information content (AvgIpc) is 2.38. The summed E-state index contributed by atoms with van der Waals surface area (Å²) >= 11 is 0. The normalized spacial score (nSPS) is 22.9. The summed E-state index contributed by atoms with van der Waals surface area (Å²) in [5.41, 5.74) is -0.116. The van der Waals surface area contributed by atoms with Crippen LogP contribution in [0.2, 0.25) is 0 Å². The molecule has 2 rings (SSSR count). The number of rotatable bonds is 2. The SMILES string of the molecule is O=C(NC1CCC(C(F)(F)F)NC1)c1ccc(F)cc1O. The Labute approximate surface area is 118 Å². The number of amides is 1. The van der Waals surface area contributed by atoms with Gasteiger partial charge in [-0.25, -0.2) is 4.39 Å².